The standard InChI is InChI=1S/C16H21N5O3/c1-9-15(11(3)22)10(2)21(18-9)8-14(23)20-6-5-13(7-20)16-17-12(4)19-24-16/h13H,5-8H2,1-4H3/t13-/m1/s1. The average molecular weight is 331 g/mol. The topological polar surface area (TPSA) is 94.1 Å². The molecule has 128 valence electrons. The lowest BCUT2D eigenvalue weighted by molar-refractivity contribution is -0.131. The third kappa shape index (κ3) is 2.95. The van der Waals surface area contributed by atoms with Crippen LogP contribution >= 0.6 is 0 Å². The van der Waals surface area contributed by atoms with Gasteiger partial charge in [-0.05, 0) is 34.1 Å². The molecule has 1 amide bonds. The molecule has 3 rings (SSSR count). The first kappa shape index (κ1) is 16.4. The van der Waals surface area contributed by atoms with Crippen LogP contribution in [0.15, 0.2) is 4.52 Å². The third-order valence-electron chi connectivity index (χ3n) is 4.45. The maximum absolute atomic E-state index is 12.6. The Morgan fingerprint density at radius 2 is 2.04 bits per heavy atom. The molecule has 8 nitrogen and oxygen atoms in total. The summed E-state index contributed by atoms with van der Waals surface area (Å²) >= 11 is 0. The molecule has 0 radical (unpaired) electrons. The van der Waals surface area contributed by atoms with Crippen molar-refractivity contribution in [2.75, 3.05) is 13.1 Å². The minimum atomic E-state index is -0.0308. The van der Waals surface area contributed by atoms with Crippen molar-refractivity contribution in [3.8, 4) is 0 Å². The molecule has 0 N–H and O–H groups in total. The van der Waals surface area contributed by atoms with Crippen molar-refractivity contribution in [2.24, 2.45) is 0 Å². The predicted molar refractivity (Wildman–Crippen MR) is 84.7 cm³/mol. The highest BCUT2D eigenvalue weighted by atomic mass is 16.5. The quantitative estimate of drug-likeness (QED) is 0.786. The van der Waals surface area contributed by atoms with Crippen LogP contribution in [0.1, 0.15) is 52.7 Å². The fraction of sp³-hybridized carbons (Fsp3) is 0.562. The number of rotatable bonds is 4. The van der Waals surface area contributed by atoms with Crippen LogP contribution in [0, 0.1) is 20.8 Å². The minimum Gasteiger partial charge on any atom is -0.340 e. The van der Waals surface area contributed by atoms with E-state index in [1.165, 1.54) is 6.92 Å². The molecule has 0 unspecified atom stereocenters. The van der Waals surface area contributed by atoms with Gasteiger partial charge in [-0.25, -0.2) is 0 Å². The Kier molecular flexibility index (Phi) is 4.21. The SMILES string of the molecule is CC(=O)c1c(C)nn(CC(=O)N2CC[C@@H](c3nc(C)no3)C2)c1C. The first-order chi connectivity index (χ1) is 11.4. The number of carbonyl (C=O) groups is 2. The van der Waals surface area contributed by atoms with Gasteiger partial charge in [0.25, 0.3) is 0 Å². The second-order valence-electron chi connectivity index (χ2n) is 6.26. The van der Waals surface area contributed by atoms with Crippen molar-refractivity contribution in [3.63, 3.8) is 0 Å². The van der Waals surface area contributed by atoms with E-state index in [-0.39, 0.29) is 24.2 Å². The van der Waals surface area contributed by atoms with E-state index in [4.69, 9.17) is 4.52 Å². The summed E-state index contributed by atoms with van der Waals surface area (Å²) in [5.74, 6) is 1.23. The number of aromatic nitrogens is 4. The van der Waals surface area contributed by atoms with E-state index in [1.54, 1.807) is 23.4 Å². The first-order valence-electron chi connectivity index (χ1n) is 7.99. The predicted octanol–water partition coefficient (Wildman–Crippen LogP) is 1.41. The number of ketones is 1. The van der Waals surface area contributed by atoms with Gasteiger partial charge in [-0.3, -0.25) is 14.3 Å². The molecule has 1 fully saturated rings. The Bertz CT molecular complexity index is 792. The molecule has 1 atom stereocenters. The monoisotopic (exact) mass is 331 g/mol. The lowest BCUT2D eigenvalue weighted by Gasteiger charge is -2.16. The number of amides is 1. The fourth-order valence-corrected chi connectivity index (χ4v) is 3.26. The van der Waals surface area contributed by atoms with Crippen LogP contribution in [0.25, 0.3) is 0 Å². The Labute approximate surface area is 139 Å². The molecule has 1 aliphatic heterocycles. The molecule has 0 aliphatic carbocycles. The van der Waals surface area contributed by atoms with Gasteiger partial charge in [0.2, 0.25) is 11.8 Å². The van der Waals surface area contributed by atoms with Gasteiger partial charge >= 0.3 is 0 Å². The van der Waals surface area contributed by atoms with E-state index in [1.807, 2.05) is 6.92 Å². The van der Waals surface area contributed by atoms with Crippen LogP contribution in [0.3, 0.4) is 0 Å². The number of aryl methyl sites for hydroxylation is 2. The maximum Gasteiger partial charge on any atom is 0.244 e. The number of Topliss-reactive ketones (excluding diaryl/α,β-unsaturated/α-hetero) is 1. The van der Waals surface area contributed by atoms with Crippen LogP contribution in [-0.4, -0.2) is 49.6 Å². The summed E-state index contributed by atoms with van der Waals surface area (Å²) in [4.78, 5) is 30.3. The van der Waals surface area contributed by atoms with Crippen LogP contribution in [0.5, 0.6) is 0 Å². The number of hydrogen-bond donors (Lipinski definition) is 0. The molecule has 2 aromatic heterocycles. The van der Waals surface area contributed by atoms with Gasteiger partial charge in [0.1, 0.15) is 6.54 Å². The van der Waals surface area contributed by atoms with Crippen LogP contribution < -0.4 is 0 Å². The molecule has 0 bridgehead atoms. The van der Waals surface area contributed by atoms with Crippen molar-refractivity contribution in [3.05, 3.63) is 28.7 Å². The first-order valence-corrected chi connectivity index (χ1v) is 7.99. The minimum absolute atomic E-state index is 0.0190. The van der Waals surface area contributed by atoms with Crippen LogP contribution in [-0.2, 0) is 11.3 Å². The molecule has 0 aromatic carbocycles. The Balaban J connectivity index is 1.68. The summed E-state index contributed by atoms with van der Waals surface area (Å²) in [5, 5.41) is 8.13. The normalized spacial score (nSPS) is 17.5. The number of nitrogens with zero attached hydrogens (tertiary/aromatic N) is 5. The fourth-order valence-electron chi connectivity index (χ4n) is 3.26. The van der Waals surface area contributed by atoms with Crippen LogP contribution in [0.2, 0.25) is 0 Å². The zero-order valence-electron chi connectivity index (χ0n) is 14.4. The van der Waals surface area contributed by atoms with E-state index in [0.717, 1.165) is 12.1 Å². The van der Waals surface area contributed by atoms with Gasteiger partial charge < -0.3 is 9.42 Å². The van der Waals surface area contributed by atoms with Gasteiger partial charge in [0.15, 0.2) is 11.6 Å². The van der Waals surface area contributed by atoms with Crippen molar-refractivity contribution >= 4 is 11.7 Å². The van der Waals surface area contributed by atoms with Gasteiger partial charge in [-0.2, -0.15) is 10.1 Å². The Hall–Kier alpha value is -2.51. The third-order valence-corrected chi connectivity index (χ3v) is 4.45. The lowest BCUT2D eigenvalue weighted by Crippen LogP contribution is -2.32. The highest BCUT2D eigenvalue weighted by Gasteiger charge is 2.31. The molecular formula is C16H21N5O3. The van der Waals surface area contributed by atoms with Crippen molar-refractivity contribution in [2.45, 2.75) is 46.6 Å². The van der Waals surface area contributed by atoms with Crippen molar-refractivity contribution in [1.29, 1.82) is 0 Å². The molecule has 0 spiro atoms. The molecule has 0 saturated carbocycles. The zero-order chi connectivity index (χ0) is 17.4. The van der Waals surface area contributed by atoms with E-state index < -0.39 is 0 Å². The molecule has 3 heterocycles. The summed E-state index contributed by atoms with van der Waals surface area (Å²) in [6.45, 7) is 8.26. The number of carbonyl (C=O) groups excluding carboxylic acids is 2. The van der Waals surface area contributed by atoms with Gasteiger partial charge in [0.05, 0.1) is 17.2 Å². The van der Waals surface area contributed by atoms with E-state index in [2.05, 4.69) is 15.2 Å². The second-order valence-corrected chi connectivity index (χ2v) is 6.26. The largest absolute Gasteiger partial charge is 0.340 e. The molecule has 2 aromatic rings. The lowest BCUT2D eigenvalue weighted by atomic mass is 10.1. The Morgan fingerprint density at radius 3 is 2.62 bits per heavy atom. The van der Waals surface area contributed by atoms with Crippen LogP contribution in [0.4, 0.5) is 0 Å². The summed E-state index contributed by atoms with van der Waals surface area (Å²) in [5.41, 5.74) is 1.99. The summed E-state index contributed by atoms with van der Waals surface area (Å²) < 4.78 is 6.81. The maximum atomic E-state index is 12.6. The summed E-state index contributed by atoms with van der Waals surface area (Å²) in [7, 11) is 0. The molecule has 24 heavy (non-hydrogen) atoms. The average Bonchev–Trinajstić information content (AvgIpc) is 3.19. The highest BCUT2D eigenvalue weighted by Crippen LogP contribution is 2.26. The summed E-state index contributed by atoms with van der Waals surface area (Å²) in [6.07, 6.45) is 0.809. The number of likely N-dealkylation sites (tertiary alicyclic amines) is 1. The highest BCUT2D eigenvalue weighted by molar-refractivity contribution is 5.96. The molecular weight excluding hydrogens is 310 g/mol. The van der Waals surface area contributed by atoms with Crippen molar-refractivity contribution in [1.82, 2.24) is 24.8 Å². The molecule has 1 saturated heterocycles. The van der Waals surface area contributed by atoms with E-state index in [9.17, 15) is 9.59 Å². The van der Waals surface area contributed by atoms with Gasteiger partial charge in [-0.15, -0.1) is 0 Å². The smallest absolute Gasteiger partial charge is 0.244 e. The molecule has 1 aliphatic rings. The van der Waals surface area contributed by atoms with Crippen molar-refractivity contribution < 1.29 is 14.1 Å². The molecule has 8 heteroatoms. The summed E-state index contributed by atoms with van der Waals surface area (Å²) in [6, 6.07) is 0. The second kappa shape index (κ2) is 6.18. The van der Waals surface area contributed by atoms with E-state index in [0.29, 0.717) is 36.1 Å². The zero-order valence-corrected chi connectivity index (χ0v) is 14.4. The van der Waals surface area contributed by atoms with Gasteiger partial charge in [-0.1, -0.05) is 5.16 Å². The van der Waals surface area contributed by atoms with Gasteiger partial charge in [0, 0.05) is 18.8 Å². The van der Waals surface area contributed by atoms with E-state index >= 15 is 0 Å². The Morgan fingerprint density at radius 1 is 1.29 bits per heavy atom. The number of hydrogen-bond acceptors (Lipinski definition) is 6.